The van der Waals surface area contributed by atoms with Crippen molar-refractivity contribution in [1.82, 2.24) is 4.90 Å². The average molecular weight is 235 g/mol. The van der Waals surface area contributed by atoms with Crippen LogP contribution in [0.2, 0.25) is 5.02 Å². The lowest BCUT2D eigenvalue weighted by atomic mass is 9.86. The van der Waals surface area contributed by atoms with Crippen molar-refractivity contribution in [1.29, 1.82) is 0 Å². The fourth-order valence-corrected chi connectivity index (χ4v) is 2.72. The zero-order chi connectivity index (χ0) is 11.0. The first kappa shape index (κ1) is 10.3. The second-order valence-corrected chi connectivity index (χ2v) is 5.07. The molecule has 0 unspecified atom stereocenters. The number of hydrogen-bond acceptors (Lipinski definition) is 2. The number of hydrogen-bond donors (Lipinski definition) is 0. The molecule has 0 saturated carbocycles. The van der Waals surface area contributed by atoms with E-state index in [0.717, 1.165) is 23.2 Å². The Labute approximate surface area is 101 Å². The highest BCUT2D eigenvalue weighted by molar-refractivity contribution is 6.30. The predicted molar refractivity (Wildman–Crippen MR) is 67.7 cm³/mol. The standard InChI is InChI=1S/C13H15ClN2/c14-11-1-3-12(4-2-11)15-13-9-16-7-5-10(13)6-8-16/h1-4,10H,5-9H2. The molecule has 84 valence electrons. The summed E-state index contributed by atoms with van der Waals surface area (Å²) < 4.78 is 0. The summed E-state index contributed by atoms with van der Waals surface area (Å²) in [7, 11) is 0. The van der Waals surface area contributed by atoms with Crippen LogP contribution in [0.15, 0.2) is 29.3 Å². The van der Waals surface area contributed by atoms with Crippen LogP contribution in [0.3, 0.4) is 0 Å². The molecule has 0 aromatic heterocycles. The molecule has 2 bridgehead atoms. The Morgan fingerprint density at radius 3 is 2.38 bits per heavy atom. The van der Waals surface area contributed by atoms with E-state index in [1.807, 2.05) is 24.3 Å². The average Bonchev–Trinajstić information content (AvgIpc) is 2.34. The third kappa shape index (κ3) is 2.00. The van der Waals surface area contributed by atoms with Gasteiger partial charge in [0.1, 0.15) is 0 Å². The van der Waals surface area contributed by atoms with Gasteiger partial charge in [0.15, 0.2) is 0 Å². The van der Waals surface area contributed by atoms with Crippen LogP contribution in [0.25, 0.3) is 0 Å². The first-order valence-electron chi connectivity index (χ1n) is 5.86. The number of aliphatic imine (C=N–C) groups is 1. The molecule has 3 saturated heterocycles. The number of benzene rings is 1. The molecule has 0 spiro atoms. The molecule has 16 heavy (non-hydrogen) atoms. The van der Waals surface area contributed by atoms with Gasteiger partial charge >= 0.3 is 0 Å². The zero-order valence-corrected chi connectivity index (χ0v) is 9.95. The summed E-state index contributed by atoms with van der Waals surface area (Å²) in [6, 6.07) is 7.80. The molecular weight excluding hydrogens is 220 g/mol. The highest BCUT2D eigenvalue weighted by Crippen LogP contribution is 2.27. The minimum atomic E-state index is 0.723. The van der Waals surface area contributed by atoms with Crippen LogP contribution in [0.1, 0.15) is 12.8 Å². The Morgan fingerprint density at radius 1 is 1.12 bits per heavy atom. The molecule has 3 fully saturated rings. The van der Waals surface area contributed by atoms with Crippen molar-refractivity contribution in [2.45, 2.75) is 12.8 Å². The summed E-state index contributed by atoms with van der Waals surface area (Å²) in [4.78, 5) is 7.25. The Balaban J connectivity index is 1.84. The molecule has 0 aliphatic carbocycles. The van der Waals surface area contributed by atoms with Crippen LogP contribution in [-0.4, -0.2) is 30.2 Å². The number of rotatable bonds is 1. The fraction of sp³-hybridized carbons (Fsp3) is 0.462. The van der Waals surface area contributed by atoms with E-state index in [1.54, 1.807) is 0 Å². The van der Waals surface area contributed by atoms with Crippen LogP contribution in [0, 0.1) is 5.92 Å². The van der Waals surface area contributed by atoms with Crippen molar-refractivity contribution in [3.63, 3.8) is 0 Å². The van der Waals surface area contributed by atoms with Gasteiger partial charge in [-0.3, -0.25) is 9.89 Å². The minimum Gasteiger partial charge on any atom is -0.298 e. The van der Waals surface area contributed by atoms with Crippen molar-refractivity contribution in [3.8, 4) is 0 Å². The molecule has 4 rings (SSSR count). The van der Waals surface area contributed by atoms with Crippen molar-refractivity contribution < 1.29 is 0 Å². The zero-order valence-electron chi connectivity index (χ0n) is 9.19. The van der Waals surface area contributed by atoms with E-state index >= 15 is 0 Å². The first-order chi connectivity index (χ1) is 7.81. The van der Waals surface area contributed by atoms with E-state index in [2.05, 4.69) is 4.90 Å². The van der Waals surface area contributed by atoms with Crippen molar-refractivity contribution in [2.75, 3.05) is 19.6 Å². The molecule has 3 aliphatic heterocycles. The third-order valence-electron chi connectivity index (χ3n) is 3.54. The van der Waals surface area contributed by atoms with Gasteiger partial charge in [-0.1, -0.05) is 11.6 Å². The maximum absolute atomic E-state index is 5.86. The molecule has 3 heteroatoms. The van der Waals surface area contributed by atoms with Crippen LogP contribution in [-0.2, 0) is 0 Å². The Morgan fingerprint density at radius 2 is 1.81 bits per heavy atom. The van der Waals surface area contributed by atoms with Crippen molar-refractivity contribution >= 4 is 23.0 Å². The van der Waals surface area contributed by atoms with E-state index in [-0.39, 0.29) is 0 Å². The van der Waals surface area contributed by atoms with E-state index in [9.17, 15) is 0 Å². The van der Waals surface area contributed by atoms with Crippen LogP contribution in [0.5, 0.6) is 0 Å². The van der Waals surface area contributed by atoms with Crippen LogP contribution >= 0.6 is 11.6 Å². The highest BCUT2D eigenvalue weighted by atomic mass is 35.5. The monoisotopic (exact) mass is 234 g/mol. The molecular formula is C13H15ClN2. The molecule has 0 atom stereocenters. The molecule has 0 radical (unpaired) electrons. The lowest BCUT2D eigenvalue weighted by Crippen LogP contribution is -2.47. The van der Waals surface area contributed by atoms with Gasteiger partial charge in [-0.15, -0.1) is 0 Å². The Kier molecular flexibility index (Phi) is 2.70. The third-order valence-corrected chi connectivity index (χ3v) is 3.80. The van der Waals surface area contributed by atoms with Crippen molar-refractivity contribution in [2.24, 2.45) is 10.9 Å². The lowest BCUT2D eigenvalue weighted by Gasteiger charge is -2.39. The van der Waals surface area contributed by atoms with Gasteiger partial charge < -0.3 is 0 Å². The van der Waals surface area contributed by atoms with E-state index < -0.39 is 0 Å². The maximum atomic E-state index is 5.86. The first-order valence-corrected chi connectivity index (χ1v) is 6.24. The maximum Gasteiger partial charge on any atom is 0.0630 e. The summed E-state index contributed by atoms with van der Waals surface area (Å²) in [6.07, 6.45) is 2.57. The van der Waals surface area contributed by atoms with E-state index in [4.69, 9.17) is 16.6 Å². The lowest BCUT2D eigenvalue weighted by molar-refractivity contribution is 0.200. The second-order valence-electron chi connectivity index (χ2n) is 4.63. The van der Waals surface area contributed by atoms with Gasteiger partial charge in [-0.2, -0.15) is 0 Å². The van der Waals surface area contributed by atoms with Crippen molar-refractivity contribution in [3.05, 3.63) is 29.3 Å². The summed E-state index contributed by atoms with van der Waals surface area (Å²) in [5, 5.41) is 0.776. The molecule has 1 aromatic rings. The van der Waals surface area contributed by atoms with Gasteiger partial charge in [0.25, 0.3) is 0 Å². The molecule has 1 aromatic carbocycles. The van der Waals surface area contributed by atoms with E-state index in [1.165, 1.54) is 31.6 Å². The highest BCUT2D eigenvalue weighted by Gasteiger charge is 2.30. The summed E-state index contributed by atoms with van der Waals surface area (Å²) in [5.41, 5.74) is 2.40. The predicted octanol–water partition coefficient (Wildman–Crippen LogP) is 3.14. The van der Waals surface area contributed by atoms with Crippen LogP contribution in [0.4, 0.5) is 5.69 Å². The molecule has 0 N–H and O–H groups in total. The topological polar surface area (TPSA) is 15.6 Å². The summed E-state index contributed by atoms with van der Waals surface area (Å²) in [5.74, 6) is 0.723. The second kappa shape index (κ2) is 4.19. The number of halogens is 1. The smallest absolute Gasteiger partial charge is 0.0630 e. The molecule has 2 nitrogen and oxygen atoms in total. The molecule has 3 aliphatic rings. The molecule has 0 amide bonds. The number of fused-ring (bicyclic) bond motifs is 3. The van der Waals surface area contributed by atoms with Gasteiger partial charge in [0.2, 0.25) is 0 Å². The van der Waals surface area contributed by atoms with Gasteiger partial charge in [-0.25, -0.2) is 0 Å². The van der Waals surface area contributed by atoms with Gasteiger partial charge in [0.05, 0.1) is 5.69 Å². The normalized spacial score (nSPS) is 30.9. The SMILES string of the molecule is Clc1ccc(N=C2CN3CCC2CC3)cc1. The molecule has 3 heterocycles. The van der Waals surface area contributed by atoms with Crippen LogP contribution < -0.4 is 0 Å². The number of nitrogens with zero attached hydrogens (tertiary/aromatic N) is 2. The summed E-state index contributed by atoms with van der Waals surface area (Å²) in [6.45, 7) is 3.57. The van der Waals surface area contributed by atoms with Gasteiger partial charge in [0, 0.05) is 23.2 Å². The van der Waals surface area contributed by atoms with E-state index in [0.29, 0.717) is 0 Å². The Bertz CT molecular complexity index is 402. The minimum absolute atomic E-state index is 0.723. The Hall–Kier alpha value is -0.860. The largest absolute Gasteiger partial charge is 0.298 e. The fourth-order valence-electron chi connectivity index (χ4n) is 2.59. The summed E-state index contributed by atoms with van der Waals surface area (Å²) >= 11 is 5.86. The quantitative estimate of drug-likeness (QED) is 0.729. The number of piperidine rings is 3. The van der Waals surface area contributed by atoms with Gasteiger partial charge in [-0.05, 0) is 50.2 Å².